The molecule has 0 spiro atoms. The van der Waals surface area contributed by atoms with Crippen molar-refractivity contribution in [2.75, 3.05) is 13.6 Å². The van der Waals surface area contributed by atoms with Gasteiger partial charge in [0.15, 0.2) is 0 Å². The Morgan fingerprint density at radius 3 is 2.79 bits per heavy atom. The monoisotopic (exact) mass is 261 g/mol. The lowest BCUT2D eigenvalue weighted by atomic mass is 10.2. The van der Waals surface area contributed by atoms with Gasteiger partial charge in [-0.2, -0.15) is 0 Å². The lowest BCUT2D eigenvalue weighted by molar-refractivity contribution is 0.491. The summed E-state index contributed by atoms with van der Waals surface area (Å²) in [6.07, 6.45) is 3.58. The van der Waals surface area contributed by atoms with Crippen LogP contribution in [0.15, 0.2) is 28.3 Å². The molecule has 5 heteroatoms. The fourth-order valence-electron chi connectivity index (χ4n) is 2.14. The molecular formula is C14H23N5. The number of hydrogen-bond acceptors (Lipinski definition) is 4. The third kappa shape index (κ3) is 3.59. The summed E-state index contributed by atoms with van der Waals surface area (Å²) in [4.78, 5) is 14.6. The number of H-pyrrole nitrogens is 1. The molecule has 0 amide bonds. The minimum absolute atomic E-state index is 0.161. The van der Waals surface area contributed by atoms with Crippen molar-refractivity contribution >= 4 is 11.7 Å². The van der Waals surface area contributed by atoms with E-state index < -0.39 is 0 Å². The second-order valence-corrected chi connectivity index (χ2v) is 5.19. The summed E-state index contributed by atoms with van der Waals surface area (Å²) in [5.41, 5.74) is 7.18. The molecule has 2 atom stereocenters. The lowest BCUT2D eigenvalue weighted by Crippen LogP contribution is -2.32. The maximum atomic E-state index is 5.94. The largest absolute Gasteiger partial charge is 0.387 e. The summed E-state index contributed by atoms with van der Waals surface area (Å²) >= 11 is 0. The predicted octanol–water partition coefficient (Wildman–Crippen LogP) is 1.43. The summed E-state index contributed by atoms with van der Waals surface area (Å²) in [5, 5.41) is 0. The number of nitrogens with zero attached hydrogens (tertiary/aromatic N) is 3. The zero-order chi connectivity index (χ0) is 13.8. The van der Waals surface area contributed by atoms with E-state index in [4.69, 9.17) is 10.7 Å². The van der Waals surface area contributed by atoms with Gasteiger partial charge in [0.2, 0.25) is 0 Å². The minimum atomic E-state index is 0.161. The van der Waals surface area contributed by atoms with Crippen LogP contribution in [0.4, 0.5) is 0 Å². The summed E-state index contributed by atoms with van der Waals surface area (Å²) in [6.45, 7) is 5.07. The van der Waals surface area contributed by atoms with Gasteiger partial charge in [-0.15, -0.1) is 0 Å². The van der Waals surface area contributed by atoms with Crippen LogP contribution in [0.25, 0.3) is 0 Å². The second-order valence-electron chi connectivity index (χ2n) is 5.19. The van der Waals surface area contributed by atoms with E-state index in [9.17, 15) is 0 Å². The van der Waals surface area contributed by atoms with Crippen molar-refractivity contribution in [3.05, 3.63) is 24.0 Å². The molecule has 0 radical (unpaired) electrons. The number of aromatic nitrogens is 1. The highest BCUT2D eigenvalue weighted by Crippen LogP contribution is 2.11. The molecule has 2 rings (SSSR count). The third-order valence-electron chi connectivity index (χ3n) is 3.58. The highest BCUT2D eigenvalue weighted by atomic mass is 15.2. The number of rotatable bonds is 3. The molecular weight excluding hydrogens is 238 g/mol. The molecule has 2 heterocycles. The summed E-state index contributed by atoms with van der Waals surface area (Å²) in [5.74, 6) is 1.71. The van der Waals surface area contributed by atoms with Crippen molar-refractivity contribution in [2.24, 2.45) is 15.7 Å². The standard InChI is InChI=1S/C14H23N5/c1-10-11(2)18-14(9-13(15)17-10)19(3)8-6-12-5-4-7-16-12/h4-5,7,10-11,16H,6,8-9H2,1-3H3,(H2,15,17). The van der Waals surface area contributed by atoms with Crippen LogP contribution in [-0.4, -0.2) is 47.2 Å². The number of aromatic amines is 1. The first-order chi connectivity index (χ1) is 9.06. The van der Waals surface area contributed by atoms with Crippen LogP contribution in [0, 0.1) is 0 Å². The zero-order valence-electron chi connectivity index (χ0n) is 11.9. The Morgan fingerprint density at radius 1 is 1.37 bits per heavy atom. The van der Waals surface area contributed by atoms with Crippen LogP contribution < -0.4 is 5.73 Å². The van der Waals surface area contributed by atoms with Gasteiger partial charge in [0, 0.05) is 31.9 Å². The van der Waals surface area contributed by atoms with Crippen LogP contribution in [-0.2, 0) is 6.42 Å². The molecule has 0 aromatic carbocycles. The van der Waals surface area contributed by atoms with E-state index in [0.717, 1.165) is 18.8 Å². The Morgan fingerprint density at radius 2 is 2.11 bits per heavy atom. The summed E-state index contributed by atoms with van der Waals surface area (Å²) < 4.78 is 0. The SMILES string of the molecule is CC1N=C(N)CC(N(C)CCc2ccc[nH]2)=NC1C. The summed E-state index contributed by atoms with van der Waals surface area (Å²) in [7, 11) is 2.07. The van der Waals surface area contributed by atoms with Crippen LogP contribution in [0.5, 0.6) is 0 Å². The number of nitrogens with one attached hydrogen (secondary N) is 1. The number of aliphatic imine (C=N–C) groups is 2. The van der Waals surface area contributed by atoms with E-state index in [1.54, 1.807) is 0 Å². The molecule has 0 fully saturated rings. The van der Waals surface area contributed by atoms with Gasteiger partial charge in [-0.25, -0.2) is 0 Å². The Bertz CT molecular complexity index is 460. The molecule has 1 aliphatic heterocycles. The minimum Gasteiger partial charge on any atom is -0.387 e. The molecule has 104 valence electrons. The van der Waals surface area contributed by atoms with E-state index >= 15 is 0 Å². The molecule has 3 N–H and O–H groups in total. The van der Waals surface area contributed by atoms with Crippen molar-refractivity contribution in [3.63, 3.8) is 0 Å². The Hall–Kier alpha value is -1.78. The van der Waals surface area contributed by atoms with Gasteiger partial charge in [-0.1, -0.05) is 0 Å². The van der Waals surface area contributed by atoms with Gasteiger partial charge in [-0.05, 0) is 26.0 Å². The molecule has 0 saturated heterocycles. The van der Waals surface area contributed by atoms with Crippen LogP contribution >= 0.6 is 0 Å². The fourth-order valence-corrected chi connectivity index (χ4v) is 2.14. The van der Waals surface area contributed by atoms with Gasteiger partial charge >= 0.3 is 0 Å². The molecule has 2 unspecified atom stereocenters. The summed E-state index contributed by atoms with van der Waals surface area (Å²) in [6, 6.07) is 4.47. The zero-order valence-corrected chi connectivity index (χ0v) is 11.9. The third-order valence-corrected chi connectivity index (χ3v) is 3.58. The average molecular weight is 261 g/mol. The van der Waals surface area contributed by atoms with Crippen molar-refractivity contribution in [1.82, 2.24) is 9.88 Å². The molecule has 1 aromatic rings. The van der Waals surface area contributed by atoms with E-state index in [0.29, 0.717) is 12.3 Å². The van der Waals surface area contributed by atoms with E-state index in [1.807, 2.05) is 12.3 Å². The maximum Gasteiger partial charge on any atom is 0.107 e. The first-order valence-electron chi connectivity index (χ1n) is 6.78. The van der Waals surface area contributed by atoms with Crippen LogP contribution in [0.2, 0.25) is 0 Å². The Balaban J connectivity index is 1.99. The van der Waals surface area contributed by atoms with E-state index in [1.165, 1.54) is 5.69 Å². The van der Waals surface area contributed by atoms with E-state index in [2.05, 4.69) is 41.8 Å². The van der Waals surface area contributed by atoms with Gasteiger partial charge < -0.3 is 15.6 Å². The van der Waals surface area contributed by atoms with Crippen molar-refractivity contribution in [2.45, 2.75) is 38.8 Å². The van der Waals surface area contributed by atoms with Gasteiger partial charge in [-0.3, -0.25) is 9.98 Å². The van der Waals surface area contributed by atoms with Crippen molar-refractivity contribution in [1.29, 1.82) is 0 Å². The van der Waals surface area contributed by atoms with Crippen LogP contribution in [0.1, 0.15) is 26.0 Å². The normalized spacial score (nSPS) is 23.5. The Kier molecular flexibility index (Phi) is 4.24. The smallest absolute Gasteiger partial charge is 0.107 e. The number of likely N-dealkylation sites (N-methyl/N-ethyl adjacent to an activating group) is 1. The molecule has 0 aliphatic carbocycles. The van der Waals surface area contributed by atoms with Gasteiger partial charge in [0.1, 0.15) is 11.7 Å². The molecule has 19 heavy (non-hydrogen) atoms. The first kappa shape index (κ1) is 13.6. The highest BCUT2D eigenvalue weighted by molar-refractivity contribution is 6.02. The molecule has 0 saturated carbocycles. The predicted molar refractivity (Wildman–Crippen MR) is 79.7 cm³/mol. The lowest BCUT2D eigenvalue weighted by Gasteiger charge is -2.21. The number of hydrogen-bond donors (Lipinski definition) is 2. The number of nitrogens with two attached hydrogens (primary N) is 1. The van der Waals surface area contributed by atoms with Crippen molar-refractivity contribution < 1.29 is 0 Å². The van der Waals surface area contributed by atoms with Gasteiger partial charge in [0.05, 0.1) is 18.5 Å². The molecule has 5 nitrogen and oxygen atoms in total. The maximum absolute atomic E-state index is 5.94. The molecule has 1 aromatic heterocycles. The molecule has 0 bridgehead atoms. The highest BCUT2D eigenvalue weighted by Gasteiger charge is 2.19. The topological polar surface area (TPSA) is 69.8 Å². The average Bonchev–Trinajstić information content (AvgIpc) is 2.83. The quantitative estimate of drug-likeness (QED) is 0.864. The van der Waals surface area contributed by atoms with Gasteiger partial charge in [0.25, 0.3) is 0 Å². The molecule has 1 aliphatic rings. The Labute approximate surface area is 114 Å². The van der Waals surface area contributed by atoms with Crippen LogP contribution in [0.3, 0.4) is 0 Å². The first-order valence-corrected chi connectivity index (χ1v) is 6.78. The van der Waals surface area contributed by atoms with Crippen molar-refractivity contribution in [3.8, 4) is 0 Å². The second kappa shape index (κ2) is 5.91. The fraction of sp³-hybridized carbons (Fsp3) is 0.571. The number of amidine groups is 2. The van der Waals surface area contributed by atoms with E-state index in [-0.39, 0.29) is 12.1 Å².